The fourth-order valence-electron chi connectivity index (χ4n) is 1.81. The van der Waals surface area contributed by atoms with Crippen molar-refractivity contribution in [3.05, 3.63) is 33.3 Å². The molecule has 0 saturated carbocycles. The maximum absolute atomic E-state index is 12.3. The van der Waals surface area contributed by atoms with Gasteiger partial charge in [-0.3, -0.25) is 0 Å². The summed E-state index contributed by atoms with van der Waals surface area (Å²) in [7, 11) is -3.69. The molecule has 6 nitrogen and oxygen atoms in total. The standard InChI is InChI=1S/C13H14N2O4S2/c1-9-13(10(2)19-15-9)21(17,18)14-8-12-11(4-3-6-16)5-7-20-12/h5,7,14,16H,6,8H2,1-2H3. The number of rotatable bonds is 4. The average Bonchev–Trinajstić information content (AvgIpc) is 3.01. The molecule has 21 heavy (non-hydrogen) atoms. The minimum atomic E-state index is -3.69. The predicted molar refractivity (Wildman–Crippen MR) is 78.3 cm³/mol. The zero-order valence-electron chi connectivity index (χ0n) is 11.5. The van der Waals surface area contributed by atoms with E-state index in [0.29, 0.717) is 11.3 Å². The first-order valence-electron chi connectivity index (χ1n) is 6.04. The minimum absolute atomic E-state index is 0.0713. The van der Waals surface area contributed by atoms with Crippen LogP contribution in [0.5, 0.6) is 0 Å². The third-order valence-corrected chi connectivity index (χ3v) is 5.27. The van der Waals surface area contributed by atoms with Gasteiger partial charge in [-0.25, -0.2) is 13.1 Å². The van der Waals surface area contributed by atoms with Gasteiger partial charge < -0.3 is 9.63 Å². The second-order valence-electron chi connectivity index (χ2n) is 4.20. The lowest BCUT2D eigenvalue weighted by atomic mass is 10.2. The van der Waals surface area contributed by atoms with E-state index in [1.165, 1.54) is 11.3 Å². The largest absolute Gasteiger partial charge is 0.384 e. The molecule has 0 spiro atoms. The molecule has 0 aliphatic rings. The smallest absolute Gasteiger partial charge is 0.246 e. The highest BCUT2D eigenvalue weighted by molar-refractivity contribution is 7.89. The topological polar surface area (TPSA) is 92.4 Å². The van der Waals surface area contributed by atoms with Gasteiger partial charge in [0.05, 0.1) is 0 Å². The Morgan fingerprint density at radius 2 is 2.24 bits per heavy atom. The number of aliphatic hydroxyl groups is 1. The SMILES string of the molecule is Cc1noc(C)c1S(=O)(=O)NCc1sccc1C#CCO. The number of sulfonamides is 1. The van der Waals surface area contributed by atoms with Crippen LogP contribution in [0.25, 0.3) is 0 Å². The van der Waals surface area contributed by atoms with Crippen LogP contribution in [0.2, 0.25) is 0 Å². The highest BCUT2D eigenvalue weighted by Crippen LogP contribution is 2.20. The number of aromatic nitrogens is 1. The van der Waals surface area contributed by atoms with Crippen LogP contribution in [0.1, 0.15) is 21.9 Å². The average molecular weight is 326 g/mol. The van der Waals surface area contributed by atoms with Crippen molar-refractivity contribution in [2.24, 2.45) is 0 Å². The van der Waals surface area contributed by atoms with E-state index in [2.05, 4.69) is 21.7 Å². The van der Waals surface area contributed by atoms with Crippen molar-refractivity contribution < 1.29 is 18.0 Å². The second kappa shape index (κ2) is 6.41. The van der Waals surface area contributed by atoms with E-state index in [4.69, 9.17) is 9.63 Å². The summed E-state index contributed by atoms with van der Waals surface area (Å²) in [6, 6.07) is 1.78. The van der Waals surface area contributed by atoms with Gasteiger partial charge in [-0.15, -0.1) is 11.3 Å². The quantitative estimate of drug-likeness (QED) is 0.823. The molecule has 0 aliphatic heterocycles. The van der Waals surface area contributed by atoms with Crippen molar-refractivity contribution in [2.45, 2.75) is 25.3 Å². The molecule has 0 bridgehead atoms. The molecule has 0 unspecified atom stereocenters. The fourth-order valence-corrected chi connectivity index (χ4v) is 4.00. The molecule has 112 valence electrons. The highest BCUT2D eigenvalue weighted by atomic mass is 32.2. The maximum Gasteiger partial charge on any atom is 0.246 e. The Morgan fingerprint density at radius 1 is 1.48 bits per heavy atom. The number of nitrogens with one attached hydrogen (secondary N) is 1. The van der Waals surface area contributed by atoms with Crippen molar-refractivity contribution in [3.63, 3.8) is 0 Å². The van der Waals surface area contributed by atoms with E-state index >= 15 is 0 Å². The zero-order valence-corrected chi connectivity index (χ0v) is 13.1. The Bertz CT molecular complexity index is 774. The molecule has 0 radical (unpaired) electrons. The third kappa shape index (κ3) is 3.51. The molecule has 0 aliphatic carbocycles. The van der Waals surface area contributed by atoms with Gasteiger partial charge in [0.1, 0.15) is 17.2 Å². The van der Waals surface area contributed by atoms with E-state index in [-0.39, 0.29) is 23.8 Å². The van der Waals surface area contributed by atoms with Crippen LogP contribution >= 0.6 is 11.3 Å². The summed E-state index contributed by atoms with van der Waals surface area (Å²) < 4.78 is 31.9. The van der Waals surface area contributed by atoms with Crippen LogP contribution in [-0.2, 0) is 16.6 Å². The van der Waals surface area contributed by atoms with Crippen LogP contribution in [0.4, 0.5) is 0 Å². The molecular formula is C13H14N2O4S2. The lowest BCUT2D eigenvalue weighted by Gasteiger charge is -2.05. The van der Waals surface area contributed by atoms with Gasteiger partial charge in [0, 0.05) is 17.0 Å². The predicted octanol–water partition coefficient (Wildman–Crippen LogP) is 1.18. The number of thiophene rings is 1. The fraction of sp³-hybridized carbons (Fsp3) is 0.308. The summed E-state index contributed by atoms with van der Waals surface area (Å²) in [5, 5.41) is 14.2. The van der Waals surface area contributed by atoms with Gasteiger partial charge in [0.2, 0.25) is 10.0 Å². The van der Waals surface area contributed by atoms with E-state index in [1.54, 1.807) is 19.9 Å². The first kappa shape index (κ1) is 15.7. The Balaban J connectivity index is 2.19. The Labute approximate surface area is 126 Å². The van der Waals surface area contributed by atoms with Crippen LogP contribution in [-0.4, -0.2) is 25.3 Å². The molecule has 2 aromatic rings. The van der Waals surface area contributed by atoms with Crippen LogP contribution < -0.4 is 4.72 Å². The molecule has 2 heterocycles. The summed E-state index contributed by atoms with van der Waals surface area (Å²) >= 11 is 1.40. The lowest BCUT2D eigenvalue weighted by molar-refractivity contribution is 0.350. The van der Waals surface area contributed by atoms with Gasteiger partial charge in [-0.1, -0.05) is 17.0 Å². The molecule has 0 atom stereocenters. The second-order valence-corrected chi connectivity index (χ2v) is 6.90. The van der Waals surface area contributed by atoms with Crippen molar-refractivity contribution >= 4 is 21.4 Å². The van der Waals surface area contributed by atoms with Crippen LogP contribution in [0.3, 0.4) is 0 Å². The van der Waals surface area contributed by atoms with Crippen LogP contribution in [0.15, 0.2) is 20.9 Å². The lowest BCUT2D eigenvalue weighted by Crippen LogP contribution is -2.24. The number of aliphatic hydroxyl groups excluding tert-OH is 1. The molecule has 2 rings (SSSR count). The van der Waals surface area contributed by atoms with Crippen molar-refractivity contribution in [1.82, 2.24) is 9.88 Å². The molecule has 0 saturated heterocycles. The van der Waals surface area contributed by atoms with Crippen molar-refractivity contribution in [3.8, 4) is 11.8 Å². The summed E-state index contributed by atoms with van der Waals surface area (Å²) in [6.45, 7) is 3.02. The minimum Gasteiger partial charge on any atom is -0.384 e. The zero-order chi connectivity index (χ0) is 15.5. The summed E-state index contributed by atoms with van der Waals surface area (Å²) in [5.74, 6) is 5.58. The molecule has 2 N–H and O–H groups in total. The molecule has 0 amide bonds. The van der Waals surface area contributed by atoms with Gasteiger partial charge in [0.25, 0.3) is 0 Å². The normalized spacial score (nSPS) is 11.2. The van der Waals surface area contributed by atoms with Crippen molar-refractivity contribution in [2.75, 3.05) is 6.61 Å². The molecule has 2 aromatic heterocycles. The molecule has 0 fully saturated rings. The number of hydrogen-bond acceptors (Lipinski definition) is 6. The Hall–Kier alpha value is -1.66. The van der Waals surface area contributed by atoms with Gasteiger partial charge in [0.15, 0.2) is 5.76 Å². The van der Waals surface area contributed by atoms with E-state index < -0.39 is 10.0 Å². The van der Waals surface area contributed by atoms with Crippen LogP contribution in [0, 0.1) is 25.7 Å². The van der Waals surface area contributed by atoms with Gasteiger partial charge >= 0.3 is 0 Å². The first-order valence-corrected chi connectivity index (χ1v) is 8.40. The highest BCUT2D eigenvalue weighted by Gasteiger charge is 2.24. The van der Waals surface area contributed by atoms with Crippen molar-refractivity contribution in [1.29, 1.82) is 0 Å². The summed E-state index contributed by atoms with van der Waals surface area (Å²) in [4.78, 5) is 0.855. The Kier molecular flexibility index (Phi) is 4.80. The number of aryl methyl sites for hydroxylation is 2. The van der Waals surface area contributed by atoms with Gasteiger partial charge in [-0.05, 0) is 25.3 Å². The van der Waals surface area contributed by atoms with E-state index in [0.717, 1.165) is 4.88 Å². The Morgan fingerprint density at radius 3 is 2.86 bits per heavy atom. The number of nitrogens with zero attached hydrogens (tertiary/aromatic N) is 1. The molecular weight excluding hydrogens is 312 g/mol. The molecule has 0 aromatic carbocycles. The van der Waals surface area contributed by atoms with Gasteiger partial charge in [-0.2, -0.15) is 0 Å². The summed E-state index contributed by atoms with van der Waals surface area (Å²) in [5.41, 5.74) is 1.03. The first-order chi connectivity index (χ1) is 9.95. The third-order valence-electron chi connectivity index (χ3n) is 2.71. The summed E-state index contributed by atoms with van der Waals surface area (Å²) in [6.07, 6.45) is 0. The van der Waals surface area contributed by atoms with E-state index in [9.17, 15) is 8.42 Å². The number of hydrogen-bond donors (Lipinski definition) is 2. The van der Waals surface area contributed by atoms with E-state index in [1.807, 2.05) is 5.38 Å². The molecule has 8 heteroatoms. The maximum atomic E-state index is 12.3. The monoisotopic (exact) mass is 326 g/mol.